The summed E-state index contributed by atoms with van der Waals surface area (Å²) in [6.45, 7) is 13.9. The summed E-state index contributed by atoms with van der Waals surface area (Å²) in [5.74, 6) is 1.22. The van der Waals surface area contributed by atoms with Gasteiger partial charge in [-0.2, -0.15) is 0 Å². The highest BCUT2D eigenvalue weighted by Gasteiger charge is 2.57. The SMILES string of the molecule is CC=C(C)CC[C@@H]1[C@@]2(C)CCCC(C)(C)[C@@H]2CC[C@]1(C)O. The van der Waals surface area contributed by atoms with Gasteiger partial charge in [-0.3, -0.25) is 0 Å². The highest BCUT2D eigenvalue weighted by Crippen LogP contribution is 2.62. The average molecular weight is 293 g/mol. The lowest BCUT2D eigenvalue weighted by atomic mass is 9.45. The van der Waals surface area contributed by atoms with Crippen molar-refractivity contribution in [3.63, 3.8) is 0 Å². The lowest BCUT2D eigenvalue weighted by Gasteiger charge is -2.61. The zero-order chi connectivity index (χ0) is 15.9. The van der Waals surface area contributed by atoms with E-state index in [4.69, 9.17) is 0 Å². The van der Waals surface area contributed by atoms with E-state index in [9.17, 15) is 5.11 Å². The lowest BCUT2D eigenvalue weighted by Crippen LogP contribution is -2.57. The molecule has 0 unspecified atom stereocenters. The van der Waals surface area contributed by atoms with Gasteiger partial charge in [0.05, 0.1) is 5.60 Å². The summed E-state index contributed by atoms with van der Waals surface area (Å²) >= 11 is 0. The fourth-order valence-electron chi connectivity index (χ4n) is 5.78. The van der Waals surface area contributed by atoms with Crippen LogP contribution in [-0.2, 0) is 0 Å². The smallest absolute Gasteiger partial charge is 0.0653 e. The van der Waals surface area contributed by atoms with Crippen LogP contribution in [0, 0.1) is 22.7 Å². The lowest BCUT2D eigenvalue weighted by molar-refractivity contribution is -0.168. The van der Waals surface area contributed by atoms with Crippen molar-refractivity contribution >= 4 is 0 Å². The molecule has 1 heteroatoms. The van der Waals surface area contributed by atoms with E-state index < -0.39 is 5.60 Å². The van der Waals surface area contributed by atoms with Gasteiger partial charge in [0.1, 0.15) is 0 Å². The molecule has 2 aliphatic rings. The summed E-state index contributed by atoms with van der Waals surface area (Å²) in [5.41, 5.74) is 1.74. The second-order valence-electron chi connectivity index (χ2n) is 9.02. The minimum absolute atomic E-state index is 0.317. The fourth-order valence-corrected chi connectivity index (χ4v) is 5.78. The Labute approximate surface area is 132 Å². The predicted octanol–water partition coefficient (Wildman–Crippen LogP) is 5.73. The molecule has 0 aromatic carbocycles. The normalized spacial score (nSPS) is 43.5. The van der Waals surface area contributed by atoms with Crippen molar-refractivity contribution < 1.29 is 5.11 Å². The van der Waals surface area contributed by atoms with Gasteiger partial charge < -0.3 is 5.11 Å². The molecule has 0 spiro atoms. The molecule has 0 aliphatic heterocycles. The molecule has 4 atom stereocenters. The summed E-state index contributed by atoms with van der Waals surface area (Å²) in [4.78, 5) is 0. The van der Waals surface area contributed by atoms with Crippen LogP contribution in [0.3, 0.4) is 0 Å². The maximum absolute atomic E-state index is 11.1. The van der Waals surface area contributed by atoms with Crippen molar-refractivity contribution in [1.29, 1.82) is 0 Å². The minimum Gasteiger partial charge on any atom is -0.390 e. The summed E-state index contributed by atoms with van der Waals surface area (Å²) in [6.07, 6.45) is 10.7. The number of rotatable bonds is 3. The molecule has 0 amide bonds. The first kappa shape index (κ1) is 17.1. The Bertz CT molecular complexity index is 404. The molecule has 0 radical (unpaired) electrons. The van der Waals surface area contributed by atoms with Gasteiger partial charge in [-0.05, 0) is 82.0 Å². The highest BCUT2D eigenvalue weighted by molar-refractivity contribution is 5.08. The van der Waals surface area contributed by atoms with Crippen molar-refractivity contribution in [1.82, 2.24) is 0 Å². The van der Waals surface area contributed by atoms with Crippen molar-refractivity contribution in [2.75, 3.05) is 0 Å². The number of hydrogen-bond donors (Lipinski definition) is 1. The molecule has 2 aliphatic carbocycles. The van der Waals surface area contributed by atoms with E-state index >= 15 is 0 Å². The molecular weight excluding hydrogens is 256 g/mol. The Morgan fingerprint density at radius 3 is 2.43 bits per heavy atom. The maximum atomic E-state index is 11.1. The van der Waals surface area contributed by atoms with Crippen LogP contribution in [0.5, 0.6) is 0 Å². The fraction of sp³-hybridized carbons (Fsp3) is 0.900. The maximum Gasteiger partial charge on any atom is 0.0653 e. The van der Waals surface area contributed by atoms with E-state index in [0.29, 0.717) is 16.7 Å². The standard InChI is InChI=1S/C20H36O/c1-7-15(2)9-10-17-19(5)13-8-12-18(3,4)16(19)11-14-20(17,6)21/h7,16-17,21H,8-14H2,1-6H3/t16-,17+,19-,20-/m0/s1. The van der Waals surface area contributed by atoms with Gasteiger partial charge in [0.2, 0.25) is 0 Å². The van der Waals surface area contributed by atoms with Crippen LogP contribution in [0.4, 0.5) is 0 Å². The van der Waals surface area contributed by atoms with Crippen LogP contribution in [0.2, 0.25) is 0 Å². The van der Waals surface area contributed by atoms with Crippen molar-refractivity contribution in [2.24, 2.45) is 22.7 Å². The molecule has 2 fully saturated rings. The zero-order valence-electron chi connectivity index (χ0n) is 15.1. The first-order valence-corrected chi connectivity index (χ1v) is 8.98. The Kier molecular flexibility index (Phi) is 4.65. The van der Waals surface area contributed by atoms with Crippen molar-refractivity contribution in [2.45, 2.75) is 92.1 Å². The monoisotopic (exact) mass is 292 g/mol. The molecule has 2 saturated carbocycles. The van der Waals surface area contributed by atoms with Gasteiger partial charge in [0.25, 0.3) is 0 Å². The van der Waals surface area contributed by atoms with Gasteiger partial charge >= 0.3 is 0 Å². The summed E-state index contributed by atoms with van der Waals surface area (Å²) < 4.78 is 0. The predicted molar refractivity (Wildman–Crippen MR) is 91.2 cm³/mol. The van der Waals surface area contributed by atoms with Crippen LogP contribution >= 0.6 is 0 Å². The molecule has 1 N–H and O–H groups in total. The molecule has 122 valence electrons. The Hall–Kier alpha value is -0.300. The van der Waals surface area contributed by atoms with Gasteiger partial charge in [0, 0.05) is 0 Å². The number of fused-ring (bicyclic) bond motifs is 1. The summed E-state index contributed by atoms with van der Waals surface area (Å²) in [6, 6.07) is 0. The van der Waals surface area contributed by atoms with E-state index in [1.165, 1.54) is 31.3 Å². The molecule has 1 nitrogen and oxygen atoms in total. The van der Waals surface area contributed by atoms with Crippen LogP contribution < -0.4 is 0 Å². The molecule has 21 heavy (non-hydrogen) atoms. The van der Waals surface area contributed by atoms with E-state index in [0.717, 1.165) is 25.2 Å². The van der Waals surface area contributed by atoms with E-state index in [-0.39, 0.29) is 0 Å². The van der Waals surface area contributed by atoms with Gasteiger partial charge in [-0.15, -0.1) is 0 Å². The number of allylic oxidation sites excluding steroid dienone is 2. The molecule has 0 bridgehead atoms. The second-order valence-corrected chi connectivity index (χ2v) is 9.02. The molecule has 0 saturated heterocycles. The first-order valence-electron chi connectivity index (χ1n) is 8.98. The van der Waals surface area contributed by atoms with Crippen LogP contribution in [0.15, 0.2) is 11.6 Å². The number of aliphatic hydroxyl groups is 1. The van der Waals surface area contributed by atoms with E-state index in [2.05, 4.69) is 47.6 Å². The Balaban J connectivity index is 2.28. The van der Waals surface area contributed by atoms with E-state index in [1.54, 1.807) is 0 Å². The minimum atomic E-state index is -0.479. The quantitative estimate of drug-likeness (QED) is 0.659. The summed E-state index contributed by atoms with van der Waals surface area (Å²) in [7, 11) is 0. The largest absolute Gasteiger partial charge is 0.390 e. The van der Waals surface area contributed by atoms with Crippen LogP contribution in [0.1, 0.15) is 86.5 Å². The van der Waals surface area contributed by atoms with Crippen LogP contribution in [0.25, 0.3) is 0 Å². The van der Waals surface area contributed by atoms with Gasteiger partial charge in [0.15, 0.2) is 0 Å². The molecule has 0 heterocycles. The zero-order valence-corrected chi connectivity index (χ0v) is 15.1. The number of hydrogen-bond acceptors (Lipinski definition) is 1. The Morgan fingerprint density at radius 2 is 1.81 bits per heavy atom. The molecule has 2 rings (SSSR count). The molecular formula is C20H36O. The first-order chi connectivity index (χ1) is 9.63. The molecule has 0 aromatic rings. The van der Waals surface area contributed by atoms with Crippen molar-refractivity contribution in [3.8, 4) is 0 Å². The van der Waals surface area contributed by atoms with Crippen LogP contribution in [-0.4, -0.2) is 10.7 Å². The highest BCUT2D eigenvalue weighted by atomic mass is 16.3. The second kappa shape index (κ2) is 5.72. The molecule has 0 aromatic heterocycles. The third-order valence-electron chi connectivity index (χ3n) is 7.08. The topological polar surface area (TPSA) is 20.2 Å². The van der Waals surface area contributed by atoms with E-state index in [1.807, 2.05) is 0 Å². The third kappa shape index (κ3) is 3.09. The van der Waals surface area contributed by atoms with Gasteiger partial charge in [-0.1, -0.05) is 38.8 Å². The Morgan fingerprint density at radius 1 is 1.14 bits per heavy atom. The average Bonchev–Trinajstić information content (AvgIpc) is 2.35. The summed E-state index contributed by atoms with van der Waals surface area (Å²) in [5, 5.41) is 11.1. The van der Waals surface area contributed by atoms with Crippen molar-refractivity contribution in [3.05, 3.63) is 11.6 Å². The van der Waals surface area contributed by atoms with Gasteiger partial charge in [-0.25, -0.2) is 0 Å². The third-order valence-corrected chi connectivity index (χ3v) is 7.08.